The van der Waals surface area contributed by atoms with Crippen molar-refractivity contribution in [3.8, 4) is 11.3 Å². The standard InChI is InChI=1S/C20H26N6S.2C2HF3O2/c1-23-8-9-26-18(17-11-22-24(2)14-17)12-21-19(26)20(23)4-6-25(7-5-20)13-16-3-10-27-15-16;2*3-2(4,5)1(6)7/h3,10-12,14-15H,4-9,13H2,1-2H3;2*(H,6,7). The number of piperidine rings is 1. The summed E-state index contributed by atoms with van der Waals surface area (Å²) in [7, 11) is 4.24. The number of nitrogens with zero attached hydrogens (tertiary/aromatic N) is 6. The van der Waals surface area contributed by atoms with Gasteiger partial charge in [0.1, 0.15) is 5.82 Å². The van der Waals surface area contributed by atoms with Gasteiger partial charge in [-0.25, -0.2) is 14.6 Å². The number of halogens is 6. The van der Waals surface area contributed by atoms with Crippen LogP contribution in [0.3, 0.4) is 0 Å². The van der Waals surface area contributed by atoms with E-state index in [1.165, 1.54) is 17.1 Å². The van der Waals surface area contributed by atoms with Crippen LogP contribution in [0.4, 0.5) is 26.3 Å². The van der Waals surface area contributed by atoms with Crippen molar-refractivity contribution in [1.82, 2.24) is 29.1 Å². The molecule has 2 aliphatic heterocycles. The molecule has 2 aliphatic rings. The number of aliphatic carboxylic acids is 2. The van der Waals surface area contributed by atoms with Crippen LogP contribution >= 0.6 is 11.3 Å². The fourth-order valence-corrected chi connectivity index (χ4v) is 5.38. The van der Waals surface area contributed by atoms with Crippen LogP contribution in [0.2, 0.25) is 0 Å². The van der Waals surface area contributed by atoms with Gasteiger partial charge in [-0.15, -0.1) is 0 Å². The van der Waals surface area contributed by atoms with E-state index in [9.17, 15) is 26.3 Å². The van der Waals surface area contributed by atoms with E-state index in [1.54, 1.807) is 11.3 Å². The van der Waals surface area contributed by atoms with Crippen molar-refractivity contribution in [2.24, 2.45) is 7.05 Å². The van der Waals surface area contributed by atoms with E-state index in [-0.39, 0.29) is 5.54 Å². The Labute approximate surface area is 234 Å². The number of thiophene rings is 1. The molecule has 5 rings (SSSR count). The first kappa shape index (κ1) is 32.1. The Balaban J connectivity index is 0.000000276. The number of imidazole rings is 1. The first-order valence-corrected chi connectivity index (χ1v) is 13.1. The summed E-state index contributed by atoms with van der Waals surface area (Å²) in [5.74, 6) is -4.27. The van der Waals surface area contributed by atoms with Crippen LogP contribution in [-0.2, 0) is 35.3 Å². The van der Waals surface area contributed by atoms with E-state index in [1.807, 2.05) is 24.1 Å². The lowest BCUT2D eigenvalue weighted by Gasteiger charge is -2.49. The molecule has 1 fully saturated rings. The molecule has 10 nitrogen and oxygen atoms in total. The molecule has 2 N–H and O–H groups in total. The van der Waals surface area contributed by atoms with Gasteiger partial charge in [0.2, 0.25) is 0 Å². The van der Waals surface area contributed by atoms with E-state index in [2.05, 4.69) is 49.5 Å². The summed E-state index contributed by atoms with van der Waals surface area (Å²) in [4.78, 5) is 27.9. The number of carboxylic acids is 2. The van der Waals surface area contributed by atoms with Crippen LogP contribution in [0.1, 0.15) is 24.2 Å². The van der Waals surface area contributed by atoms with Gasteiger partial charge in [-0.3, -0.25) is 14.5 Å². The van der Waals surface area contributed by atoms with Crippen molar-refractivity contribution in [3.63, 3.8) is 0 Å². The summed E-state index contributed by atoms with van der Waals surface area (Å²) < 4.78 is 67.8. The Hall–Kier alpha value is -3.44. The number of likely N-dealkylation sites (tertiary alicyclic amines) is 1. The van der Waals surface area contributed by atoms with E-state index in [0.29, 0.717) is 0 Å². The third kappa shape index (κ3) is 7.85. The molecule has 5 heterocycles. The van der Waals surface area contributed by atoms with E-state index < -0.39 is 24.3 Å². The van der Waals surface area contributed by atoms with Crippen molar-refractivity contribution < 1.29 is 46.1 Å². The quantitative estimate of drug-likeness (QED) is 0.427. The number of aromatic nitrogens is 4. The second kappa shape index (κ2) is 12.6. The van der Waals surface area contributed by atoms with Crippen LogP contribution < -0.4 is 0 Å². The molecular weight excluding hydrogens is 582 g/mol. The van der Waals surface area contributed by atoms with Gasteiger partial charge in [0.25, 0.3) is 0 Å². The number of carboxylic acid groups (broad SMARTS) is 2. The van der Waals surface area contributed by atoms with Crippen molar-refractivity contribution >= 4 is 23.3 Å². The molecule has 1 spiro atoms. The second-order valence-corrected chi connectivity index (χ2v) is 10.3. The monoisotopic (exact) mass is 610 g/mol. The first-order chi connectivity index (χ1) is 19.0. The van der Waals surface area contributed by atoms with Gasteiger partial charge < -0.3 is 14.8 Å². The average molecular weight is 611 g/mol. The normalized spacial score (nSPS) is 17.2. The van der Waals surface area contributed by atoms with Crippen LogP contribution in [0.5, 0.6) is 0 Å². The molecule has 3 aromatic heterocycles. The molecular formula is C24H28F6N6O4S. The highest BCUT2D eigenvalue weighted by molar-refractivity contribution is 7.07. The lowest BCUT2D eigenvalue weighted by molar-refractivity contribution is -0.193. The Bertz CT molecular complexity index is 1290. The Morgan fingerprint density at radius 3 is 2.02 bits per heavy atom. The topological polar surface area (TPSA) is 117 Å². The minimum Gasteiger partial charge on any atom is -0.475 e. The van der Waals surface area contributed by atoms with Crippen molar-refractivity contribution in [2.45, 2.75) is 43.8 Å². The first-order valence-electron chi connectivity index (χ1n) is 12.1. The third-order valence-electron chi connectivity index (χ3n) is 6.82. The summed E-state index contributed by atoms with van der Waals surface area (Å²) in [6.07, 6.45) is -1.82. The molecule has 226 valence electrons. The molecule has 0 aromatic carbocycles. The molecule has 0 amide bonds. The number of hydrogen-bond acceptors (Lipinski definition) is 7. The summed E-state index contributed by atoms with van der Waals surface area (Å²) in [6, 6.07) is 2.24. The number of likely N-dealkylation sites (N-methyl/N-ethyl adjacent to an activating group) is 1. The summed E-state index contributed by atoms with van der Waals surface area (Å²) in [5.41, 5.74) is 3.86. The fraction of sp³-hybridized carbons (Fsp3) is 0.500. The fourth-order valence-electron chi connectivity index (χ4n) is 4.72. The number of rotatable bonds is 3. The molecule has 0 bridgehead atoms. The minimum absolute atomic E-state index is 0.0594. The van der Waals surface area contributed by atoms with Crippen molar-refractivity contribution in [1.29, 1.82) is 0 Å². The van der Waals surface area contributed by atoms with Crippen LogP contribution in [-0.4, -0.2) is 90.3 Å². The lowest BCUT2D eigenvalue weighted by atomic mass is 9.83. The number of hydrogen-bond donors (Lipinski definition) is 2. The minimum atomic E-state index is -5.08. The smallest absolute Gasteiger partial charge is 0.475 e. The maximum atomic E-state index is 10.6. The zero-order chi connectivity index (χ0) is 30.6. The van der Waals surface area contributed by atoms with Crippen molar-refractivity contribution in [3.05, 3.63) is 46.8 Å². The summed E-state index contributed by atoms with van der Waals surface area (Å²) in [6.45, 7) is 5.38. The summed E-state index contributed by atoms with van der Waals surface area (Å²) in [5, 5.41) is 23.0. The predicted molar refractivity (Wildman–Crippen MR) is 135 cm³/mol. The van der Waals surface area contributed by atoms with Crippen molar-refractivity contribution in [2.75, 3.05) is 26.7 Å². The molecule has 3 aromatic rings. The SMILES string of the molecule is CN1CCn2c(-c3cnn(C)c3)cnc2C12CCN(Cc1ccsc1)CC2.O=C(O)C(F)(F)F.O=C(O)C(F)(F)F. The van der Waals surface area contributed by atoms with E-state index in [0.717, 1.165) is 51.1 Å². The third-order valence-corrected chi connectivity index (χ3v) is 7.55. The highest BCUT2D eigenvalue weighted by Gasteiger charge is 2.45. The molecule has 17 heteroatoms. The highest BCUT2D eigenvalue weighted by Crippen LogP contribution is 2.41. The number of carbonyl (C=O) groups is 2. The number of aryl methyl sites for hydroxylation is 1. The number of fused-ring (bicyclic) bond motifs is 2. The molecule has 1 saturated heterocycles. The molecule has 0 saturated carbocycles. The van der Waals surface area contributed by atoms with Gasteiger partial charge in [0.15, 0.2) is 0 Å². The highest BCUT2D eigenvalue weighted by atomic mass is 32.1. The van der Waals surface area contributed by atoms with E-state index in [4.69, 9.17) is 24.8 Å². The zero-order valence-corrected chi connectivity index (χ0v) is 22.8. The molecule has 0 unspecified atom stereocenters. The molecule has 41 heavy (non-hydrogen) atoms. The molecule has 0 aliphatic carbocycles. The van der Waals surface area contributed by atoms with Crippen LogP contribution in [0, 0.1) is 0 Å². The molecule has 0 radical (unpaired) electrons. The average Bonchev–Trinajstić information content (AvgIpc) is 3.64. The van der Waals surface area contributed by atoms with Gasteiger partial charge >= 0.3 is 24.3 Å². The largest absolute Gasteiger partial charge is 0.490 e. The Morgan fingerprint density at radius 2 is 1.56 bits per heavy atom. The van der Waals surface area contributed by atoms with Gasteiger partial charge in [0, 0.05) is 51.5 Å². The lowest BCUT2D eigenvalue weighted by Crippen LogP contribution is -2.56. The zero-order valence-electron chi connectivity index (χ0n) is 22.0. The Morgan fingerprint density at radius 1 is 0.976 bits per heavy atom. The second-order valence-electron chi connectivity index (χ2n) is 9.49. The van der Waals surface area contributed by atoms with Gasteiger partial charge in [-0.05, 0) is 42.3 Å². The van der Waals surface area contributed by atoms with Gasteiger partial charge in [0.05, 0.1) is 23.6 Å². The maximum Gasteiger partial charge on any atom is 0.490 e. The van der Waals surface area contributed by atoms with Gasteiger partial charge in [-0.1, -0.05) is 0 Å². The van der Waals surface area contributed by atoms with Gasteiger partial charge in [-0.2, -0.15) is 42.8 Å². The predicted octanol–water partition coefficient (Wildman–Crippen LogP) is 4.05. The van der Waals surface area contributed by atoms with E-state index >= 15 is 0 Å². The maximum absolute atomic E-state index is 10.6. The van der Waals surface area contributed by atoms with Crippen LogP contribution in [0.25, 0.3) is 11.3 Å². The Kier molecular flexibility index (Phi) is 9.86. The molecule has 0 atom stereocenters. The summed E-state index contributed by atoms with van der Waals surface area (Å²) >= 11 is 1.79. The number of alkyl halides is 6. The van der Waals surface area contributed by atoms with Crippen LogP contribution in [0.15, 0.2) is 35.4 Å².